The molecule has 0 saturated carbocycles. The Morgan fingerprint density at radius 2 is 1.94 bits per heavy atom. The van der Waals surface area contributed by atoms with E-state index in [1.807, 2.05) is 47.8 Å². The maximum Gasteiger partial charge on any atom is 0.241 e. The Labute approximate surface area is 201 Å². The summed E-state index contributed by atoms with van der Waals surface area (Å²) in [6.45, 7) is 2.60. The van der Waals surface area contributed by atoms with Crippen molar-refractivity contribution in [3.05, 3.63) is 77.9 Å². The number of hydrogen-bond acceptors (Lipinski definition) is 8. The molecule has 0 bridgehead atoms. The van der Waals surface area contributed by atoms with Crippen molar-refractivity contribution >= 4 is 34.6 Å². The van der Waals surface area contributed by atoms with Crippen LogP contribution in [0, 0.1) is 0 Å². The molecule has 0 spiro atoms. The highest BCUT2D eigenvalue weighted by Gasteiger charge is 2.25. The third kappa shape index (κ3) is 4.90. The molecule has 1 aliphatic rings. The molecule has 4 aromatic rings. The number of hydrogen-bond donors (Lipinski definition) is 1. The molecule has 8 nitrogen and oxygen atoms in total. The molecule has 1 aliphatic heterocycles. The van der Waals surface area contributed by atoms with Crippen LogP contribution in [0.15, 0.2) is 72.4 Å². The molecule has 172 valence electrons. The maximum absolute atomic E-state index is 12.8. The Bertz CT molecular complexity index is 1250. The predicted molar refractivity (Wildman–Crippen MR) is 133 cm³/mol. The normalized spacial score (nSPS) is 14.3. The molecule has 3 aromatic heterocycles. The maximum atomic E-state index is 12.8. The van der Waals surface area contributed by atoms with E-state index in [4.69, 9.17) is 4.74 Å². The van der Waals surface area contributed by atoms with Crippen LogP contribution in [0.3, 0.4) is 0 Å². The molecule has 1 fully saturated rings. The number of carbonyl (C=O) groups is 1. The summed E-state index contributed by atoms with van der Waals surface area (Å²) >= 11 is 1.52. The van der Waals surface area contributed by atoms with Gasteiger partial charge in [-0.3, -0.25) is 9.69 Å². The van der Waals surface area contributed by atoms with Gasteiger partial charge < -0.3 is 15.0 Å². The number of methoxy groups -OCH3 is 1. The number of carbonyl (C=O) groups excluding carboxylic acids is 1. The van der Waals surface area contributed by atoms with Crippen molar-refractivity contribution in [1.82, 2.24) is 19.9 Å². The fourth-order valence-electron chi connectivity index (χ4n) is 3.88. The van der Waals surface area contributed by atoms with E-state index in [0.717, 1.165) is 29.5 Å². The van der Waals surface area contributed by atoms with Crippen LogP contribution in [0.25, 0.3) is 10.7 Å². The first kappa shape index (κ1) is 22.0. The summed E-state index contributed by atoms with van der Waals surface area (Å²) in [5.41, 5.74) is 2.75. The molecule has 4 heterocycles. The van der Waals surface area contributed by atoms with Gasteiger partial charge in [0.15, 0.2) is 11.6 Å². The van der Waals surface area contributed by atoms with Crippen molar-refractivity contribution < 1.29 is 9.53 Å². The first-order valence-corrected chi connectivity index (χ1v) is 11.8. The number of piperazine rings is 1. The largest absolute Gasteiger partial charge is 0.493 e. The van der Waals surface area contributed by atoms with Crippen LogP contribution in [-0.4, -0.2) is 52.5 Å². The van der Waals surface area contributed by atoms with Crippen LogP contribution in [0.5, 0.6) is 5.75 Å². The van der Waals surface area contributed by atoms with Crippen molar-refractivity contribution in [3.63, 3.8) is 0 Å². The fourth-order valence-corrected chi connectivity index (χ4v) is 4.49. The second kappa shape index (κ2) is 9.98. The van der Waals surface area contributed by atoms with Crippen molar-refractivity contribution in [1.29, 1.82) is 0 Å². The molecule has 1 N–H and O–H groups in total. The van der Waals surface area contributed by atoms with Gasteiger partial charge in [-0.1, -0.05) is 30.3 Å². The van der Waals surface area contributed by atoms with Crippen molar-refractivity contribution in [3.8, 4) is 16.5 Å². The molecular formula is C25H24N6O2S. The molecule has 5 rings (SSSR count). The minimum atomic E-state index is 0.0733. The predicted octanol–water partition coefficient (Wildman–Crippen LogP) is 4.20. The van der Waals surface area contributed by atoms with Crippen molar-refractivity contribution in [2.45, 2.75) is 6.54 Å². The van der Waals surface area contributed by atoms with Crippen LogP contribution in [-0.2, 0) is 11.3 Å². The second-order valence-electron chi connectivity index (χ2n) is 7.85. The molecule has 1 amide bonds. The first-order chi connectivity index (χ1) is 16.7. The number of nitrogens with zero attached hydrogens (tertiary/aromatic N) is 5. The number of benzene rings is 1. The zero-order valence-corrected chi connectivity index (χ0v) is 19.5. The van der Waals surface area contributed by atoms with Gasteiger partial charge in [0.1, 0.15) is 16.5 Å². The van der Waals surface area contributed by atoms with Crippen LogP contribution < -0.4 is 15.0 Å². The highest BCUT2D eigenvalue weighted by atomic mass is 32.1. The number of pyridine rings is 2. The van der Waals surface area contributed by atoms with E-state index in [9.17, 15) is 4.79 Å². The fraction of sp³-hybridized carbons (Fsp3) is 0.200. The Hall–Kier alpha value is -3.82. The van der Waals surface area contributed by atoms with Gasteiger partial charge >= 0.3 is 0 Å². The molecule has 34 heavy (non-hydrogen) atoms. The number of thiazole rings is 1. The van der Waals surface area contributed by atoms with Gasteiger partial charge in [-0.05, 0) is 29.8 Å². The molecular weight excluding hydrogens is 448 g/mol. The Morgan fingerprint density at radius 3 is 2.65 bits per heavy atom. The van der Waals surface area contributed by atoms with E-state index in [2.05, 4.69) is 37.3 Å². The summed E-state index contributed by atoms with van der Waals surface area (Å²) < 4.78 is 5.45. The van der Waals surface area contributed by atoms with Crippen LogP contribution in [0.4, 0.5) is 17.3 Å². The number of anilines is 3. The van der Waals surface area contributed by atoms with Gasteiger partial charge in [0.25, 0.3) is 0 Å². The number of ether oxygens (including phenoxy) is 1. The van der Waals surface area contributed by atoms with E-state index in [1.54, 1.807) is 24.4 Å². The average molecular weight is 473 g/mol. The highest BCUT2D eigenvalue weighted by Crippen LogP contribution is 2.30. The Morgan fingerprint density at radius 1 is 1.06 bits per heavy atom. The van der Waals surface area contributed by atoms with Gasteiger partial charge in [-0.2, -0.15) is 0 Å². The summed E-state index contributed by atoms with van der Waals surface area (Å²) in [6.07, 6.45) is 3.46. The standard InChI is InChI=1S/C25H24N6O2S/c1-33-21-9-8-20(25-26-11-14-34-25)28-24(21)29-22-10-7-19(15-27-22)31-13-12-30(17-23(31)32)16-18-5-3-2-4-6-18/h2-11,14-15H,12-13,16-17H2,1H3,(H,27,28,29). The van der Waals surface area contributed by atoms with E-state index >= 15 is 0 Å². The molecule has 9 heteroatoms. The van der Waals surface area contributed by atoms with Gasteiger partial charge in [0, 0.05) is 31.2 Å². The van der Waals surface area contributed by atoms with Crippen LogP contribution in [0.1, 0.15) is 5.56 Å². The first-order valence-electron chi connectivity index (χ1n) is 10.9. The monoisotopic (exact) mass is 472 g/mol. The summed E-state index contributed by atoms with van der Waals surface area (Å²) in [4.78, 5) is 30.3. The number of nitrogens with one attached hydrogen (secondary N) is 1. The molecule has 0 unspecified atom stereocenters. The van der Waals surface area contributed by atoms with E-state index < -0.39 is 0 Å². The molecule has 1 saturated heterocycles. The lowest BCUT2D eigenvalue weighted by Gasteiger charge is -2.34. The third-order valence-electron chi connectivity index (χ3n) is 5.58. The lowest BCUT2D eigenvalue weighted by atomic mass is 10.2. The minimum absolute atomic E-state index is 0.0733. The Balaban J connectivity index is 1.26. The lowest BCUT2D eigenvalue weighted by molar-refractivity contribution is -0.121. The zero-order valence-electron chi connectivity index (χ0n) is 18.7. The number of rotatable bonds is 7. The highest BCUT2D eigenvalue weighted by molar-refractivity contribution is 7.13. The molecule has 0 radical (unpaired) electrons. The SMILES string of the molecule is COc1ccc(-c2nccs2)nc1Nc1ccc(N2CCN(Cc3ccccc3)CC2=O)cn1. The molecule has 0 atom stereocenters. The van der Waals surface area contributed by atoms with E-state index in [0.29, 0.717) is 30.5 Å². The molecule has 0 aliphatic carbocycles. The zero-order chi connectivity index (χ0) is 23.3. The van der Waals surface area contributed by atoms with Gasteiger partial charge in [0.2, 0.25) is 5.91 Å². The lowest BCUT2D eigenvalue weighted by Crippen LogP contribution is -2.50. The van der Waals surface area contributed by atoms with E-state index in [1.165, 1.54) is 16.9 Å². The van der Waals surface area contributed by atoms with Gasteiger partial charge in [0.05, 0.1) is 25.5 Å². The van der Waals surface area contributed by atoms with E-state index in [-0.39, 0.29) is 5.91 Å². The summed E-state index contributed by atoms with van der Waals surface area (Å²) in [6, 6.07) is 17.7. The number of amides is 1. The van der Waals surface area contributed by atoms with Gasteiger partial charge in [-0.25, -0.2) is 15.0 Å². The van der Waals surface area contributed by atoms with Crippen molar-refractivity contribution in [2.75, 3.05) is 37.0 Å². The summed E-state index contributed by atoms with van der Waals surface area (Å²) in [7, 11) is 1.60. The van der Waals surface area contributed by atoms with Crippen molar-refractivity contribution in [2.24, 2.45) is 0 Å². The molecule has 1 aromatic carbocycles. The topological polar surface area (TPSA) is 83.5 Å². The third-order valence-corrected chi connectivity index (χ3v) is 6.38. The Kier molecular flexibility index (Phi) is 6.46. The van der Waals surface area contributed by atoms with Crippen LogP contribution >= 0.6 is 11.3 Å². The minimum Gasteiger partial charge on any atom is -0.493 e. The van der Waals surface area contributed by atoms with Gasteiger partial charge in [-0.15, -0.1) is 11.3 Å². The van der Waals surface area contributed by atoms with Crippen LogP contribution in [0.2, 0.25) is 0 Å². The quantitative estimate of drug-likeness (QED) is 0.432. The summed E-state index contributed by atoms with van der Waals surface area (Å²) in [5, 5.41) is 5.97. The number of aromatic nitrogens is 3. The second-order valence-corrected chi connectivity index (χ2v) is 8.75. The summed E-state index contributed by atoms with van der Waals surface area (Å²) in [5.74, 6) is 1.85. The average Bonchev–Trinajstić information content (AvgIpc) is 3.41. The smallest absolute Gasteiger partial charge is 0.241 e.